The van der Waals surface area contributed by atoms with Crippen LogP contribution in [0.4, 0.5) is 0 Å². The Morgan fingerprint density at radius 3 is 2.81 bits per heavy atom. The second-order valence-electron chi connectivity index (χ2n) is 5.31. The van der Waals surface area contributed by atoms with E-state index in [1.165, 1.54) is 5.56 Å². The summed E-state index contributed by atoms with van der Waals surface area (Å²) in [7, 11) is 0. The molecule has 0 saturated carbocycles. The van der Waals surface area contributed by atoms with Gasteiger partial charge in [-0.15, -0.1) is 5.10 Å². The SMILES string of the molecule is O=C(Cn1ccnn1)N1CCC(c2cccc(Br)c2)CC1. The maximum atomic E-state index is 12.2. The Hall–Kier alpha value is -1.69. The van der Waals surface area contributed by atoms with E-state index < -0.39 is 0 Å². The van der Waals surface area contributed by atoms with Gasteiger partial charge in [0.05, 0.1) is 6.20 Å². The summed E-state index contributed by atoms with van der Waals surface area (Å²) in [6.07, 6.45) is 5.33. The molecule has 0 unspecified atom stereocenters. The predicted molar refractivity (Wildman–Crippen MR) is 82.7 cm³/mol. The third kappa shape index (κ3) is 3.50. The molecule has 0 radical (unpaired) electrons. The van der Waals surface area contributed by atoms with Gasteiger partial charge in [0.15, 0.2) is 0 Å². The van der Waals surface area contributed by atoms with Gasteiger partial charge in [-0.25, -0.2) is 4.68 Å². The molecule has 1 aliphatic heterocycles. The molecule has 0 N–H and O–H groups in total. The molecule has 0 bridgehead atoms. The average molecular weight is 349 g/mol. The van der Waals surface area contributed by atoms with Crippen LogP contribution < -0.4 is 0 Å². The summed E-state index contributed by atoms with van der Waals surface area (Å²) in [4.78, 5) is 14.1. The van der Waals surface area contributed by atoms with Crippen LogP contribution in [0.15, 0.2) is 41.1 Å². The van der Waals surface area contributed by atoms with Gasteiger partial charge < -0.3 is 4.90 Å². The van der Waals surface area contributed by atoms with Gasteiger partial charge in [-0.1, -0.05) is 33.3 Å². The van der Waals surface area contributed by atoms with Crippen LogP contribution in [0.1, 0.15) is 24.3 Å². The summed E-state index contributed by atoms with van der Waals surface area (Å²) in [5.41, 5.74) is 1.35. The van der Waals surface area contributed by atoms with Crippen LogP contribution in [0, 0.1) is 0 Å². The highest BCUT2D eigenvalue weighted by molar-refractivity contribution is 9.10. The molecule has 0 atom stereocenters. The first-order valence-corrected chi connectivity index (χ1v) is 7.89. The smallest absolute Gasteiger partial charge is 0.244 e. The fourth-order valence-corrected chi connectivity index (χ4v) is 3.20. The first-order valence-electron chi connectivity index (χ1n) is 7.10. The van der Waals surface area contributed by atoms with E-state index in [9.17, 15) is 4.79 Å². The van der Waals surface area contributed by atoms with Gasteiger partial charge in [-0.3, -0.25) is 4.79 Å². The minimum absolute atomic E-state index is 0.119. The molecule has 1 amide bonds. The van der Waals surface area contributed by atoms with E-state index in [-0.39, 0.29) is 12.5 Å². The monoisotopic (exact) mass is 348 g/mol. The molecule has 0 aliphatic carbocycles. The van der Waals surface area contributed by atoms with Crippen LogP contribution >= 0.6 is 15.9 Å². The molecular weight excluding hydrogens is 332 g/mol. The first-order chi connectivity index (χ1) is 10.2. The number of nitrogens with zero attached hydrogens (tertiary/aromatic N) is 4. The Morgan fingerprint density at radius 2 is 2.14 bits per heavy atom. The zero-order chi connectivity index (χ0) is 14.7. The van der Waals surface area contributed by atoms with Gasteiger partial charge in [0, 0.05) is 23.8 Å². The number of amides is 1. The van der Waals surface area contributed by atoms with Crippen LogP contribution in [-0.4, -0.2) is 38.9 Å². The zero-order valence-corrected chi connectivity index (χ0v) is 13.2. The lowest BCUT2D eigenvalue weighted by Gasteiger charge is -2.32. The number of likely N-dealkylation sites (tertiary alicyclic amines) is 1. The maximum Gasteiger partial charge on any atom is 0.244 e. The van der Waals surface area contributed by atoms with E-state index in [0.29, 0.717) is 5.92 Å². The predicted octanol–water partition coefficient (Wildman–Crippen LogP) is 2.45. The number of benzene rings is 1. The largest absolute Gasteiger partial charge is 0.341 e. The van der Waals surface area contributed by atoms with Gasteiger partial charge >= 0.3 is 0 Å². The van der Waals surface area contributed by atoms with Crippen molar-refractivity contribution in [3.8, 4) is 0 Å². The van der Waals surface area contributed by atoms with Crippen molar-refractivity contribution in [2.75, 3.05) is 13.1 Å². The van der Waals surface area contributed by atoms with Crippen molar-refractivity contribution in [3.05, 3.63) is 46.7 Å². The van der Waals surface area contributed by atoms with Crippen molar-refractivity contribution in [1.82, 2.24) is 19.9 Å². The van der Waals surface area contributed by atoms with Crippen LogP contribution in [-0.2, 0) is 11.3 Å². The Kier molecular flexibility index (Phi) is 4.34. The van der Waals surface area contributed by atoms with E-state index >= 15 is 0 Å². The van der Waals surface area contributed by atoms with Crippen molar-refractivity contribution < 1.29 is 4.79 Å². The molecule has 1 aliphatic rings. The summed E-state index contributed by atoms with van der Waals surface area (Å²) in [5.74, 6) is 0.658. The summed E-state index contributed by atoms with van der Waals surface area (Å²) >= 11 is 3.52. The quantitative estimate of drug-likeness (QED) is 0.855. The van der Waals surface area contributed by atoms with Crippen LogP contribution in [0.2, 0.25) is 0 Å². The maximum absolute atomic E-state index is 12.2. The molecule has 1 aromatic heterocycles. The molecule has 21 heavy (non-hydrogen) atoms. The average Bonchev–Trinajstić information content (AvgIpc) is 3.00. The topological polar surface area (TPSA) is 51.0 Å². The van der Waals surface area contributed by atoms with E-state index in [2.05, 4.69) is 44.4 Å². The second-order valence-corrected chi connectivity index (χ2v) is 6.23. The third-order valence-corrected chi connectivity index (χ3v) is 4.43. The molecule has 1 fully saturated rings. The number of aromatic nitrogens is 3. The molecular formula is C15H17BrN4O. The number of halogens is 1. The van der Waals surface area contributed by atoms with Crippen LogP contribution in [0.5, 0.6) is 0 Å². The molecule has 0 spiro atoms. The van der Waals surface area contributed by atoms with Crippen LogP contribution in [0.25, 0.3) is 0 Å². The lowest BCUT2D eigenvalue weighted by Crippen LogP contribution is -2.39. The number of rotatable bonds is 3. The van der Waals surface area contributed by atoms with E-state index in [1.807, 2.05) is 11.0 Å². The molecule has 3 rings (SSSR count). The zero-order valence-electron chi connectivity index (χ0n) is 11.7. The molecule has 2 heterocycles. The normalized spacial score (nSPS) is 16.1. The number of carbonyl (C=O) groups is 1. The molecule has 2 aromatic rings. The number of piperidine rings is 1. The van der Waals surface area contributed by atoms with Gasteiger partial charge in [0.1, 0.15) is 6.54 Å². The van der Waals surface area contributed by atoms with Gasteiger partial charge in [0.2, 0.25) is 5.91 Å². The highest BCUT2D eigenvalue weighted by Gasteiger charge is 2.24. The van der Waals surface area contributed by atoms with Crippen molar-refractivity contribution in [2.24, 2.45) is 0 Å². The number of hydrogen-bond acceptors (Lipinski definition) is 3. The fraction of sp³-hybridized carbons (Fsp3) is 0.400. The molecule has 1 aromatic carbocycles. The highest BCUT2D eigenvalue weighted by Crippen LogP contribution is 2.29. The van der Waals surface area contributed by atoms with Crippen LogP contribution in [0.3, 0.4) is 0 Å². The molecule has 6 heteroatoms. The van der Waals surface area contributed by atoms with Crippen molar-refractivity contribution >= 4 is 21.8 Å². The van der Waals surface area contributed by atoms with Crippen molar-refractivity contribution in [1.29, 1.82) is 0 Å². The highest BCUT2D eigenvalue weighted by atomic mass is 79.9. The summed E-state index contributed by atoms with van der Waals surface area (Å²) in [5, 5.41) is 7.56. The minimum atomic E-state index is 0.119. The summed E-state index contributed by atoms with van der Waals surface area (Å²) in [6.45, 7) is 1.90. The van der Waals surface area contributed by atoms with Crippen molar-refractivity contribution in [3.63, 3.8) is 0 Å². The molecule has 5 nitrogen and oxygen atoms in total. The van der Waals surface area contributed by atoms with E-state index in [1.54, 1.807) is 17.1 Å². The number of hydrogen-bond donors (Lipinski definition) is 0. The summed E-state index contributed by atoms with van der Waals surface area (Å²) in [6, 6.07) is 8.46. The lowest BCUT2D eigenvalue weighted by atomic mass is 9.89. The number of carbonyl (C=O) groups excluding carboxylic acids is 1. The Labute approximate surface area is 132 Å². The lowest BCUT2D eigenvalue weighted by molar-refractivity contribution is -0.133. The second kappa shape index (κ2) is 6.39. The van der Waals surface area contributed by atoms with Gasteiger partial charge in [0.25, 0.3) is 0 Å². The fourth-order valence-electron chi connectivity index (χ4n) is 2.78. The van der Waals surface area contributed by atoms with Gasteiger partial charge in [-0.05, 0) is 36.5 Å². The van der Waals surface area contributed by atoms with E-state index in [0.717, 1.165) is 30.4 Å². The third-order valence-electron chi connectivity index (χ3n) is 3.94. The Morgan fingerprint density at radius 1 is 1.33 bits per heavy atom. The molecule has 1 saturated heterocycles. The first kappa shape index (κ1) is 14.3. The molecule has 110 valence electrons. The Bertz CT molecular complexity index is 606. The van der Waals surface area contributed by atoms with E-state index in [4.69, 9.17) is 0 Å². The Balaban J connectivity index is 1.56. The minimum Gasteiger partial charge on any atom is -0.341 e. The standard InChI is InChI=1S/C15H17BrN4O/c16-14-3-1-2-13(10-14)12-4-7-19(8-5-12)15(21)11-20-9-6-17-18-20/h1-3,6,9-10,12H,4-5,7-8,11H2. The summed E-state index contributed by atoms with van der Waals surface area (Å²) < 4.78 is 2.69. The van der Waals surface area contributed by atoms with Crippen molar-refractivity contribution in [2.45, 2.75) is 25.3 Å². The van der Waals surface area contributed by atoms with Gasteiger partial charge in [-0.2, -0.15) is 0 Å².